The first-order chi connectivity index (χ1) is 14.9. The average molecular weight is 439 g/mol. The topological polar surface area (TPSA) is 84.9 Å². The average Bonchev–Trinajstić information content (AvgIpc) is 2.82. The molecule has 160 valence electrons. The van der Waals surface area contributed by atoms with Gasteiger partial charge in [-0.05, 0) is 42.5 Å². The van der Waals surface area contributed by atoms with Crippen LogP contribution in [0.4, 0.5) is 5.69 Å². The Morgan fingerprint density at radius 2 is 1.71 bits per heavy atom. The zero-order chi connectivity index (χ0) is 21.8. The minimum Gasteiger partial charge on any atom is -0.486 e. The van der Waals surface area contributed by atoms with E-state index in [-0.39, 0.29) is 29.0 Å². The second-order valence-electron chi connectivity index (χ2n) is 7.04. The van der Waals surface area contributed by atoms with E-state index in [0.717, 1.165) is 0 Å². The zero-order valence-corrected chi connectivity index (χ0v) is 17.7. The zero-order valence-electron chi connectivity index (χ0n) is 16.9. The van der Waals surface area contributed by atoms with E-state index in [1.165, 1.54) is 23.5 Å². The van der Waals surface area contributed by atoms with Gasteiger partial charge in [0.05, 0.1) is 17.1 Å². The molecule has 0 aliphatic carbocycles. The van der Waals surface area contributed by atoms with Crippen LogP contribution in [-0.2, 0) is 10.0 Å². The van der Waals surface area contributed by atoms with Crippen LogP contribution >= 0.6 is 0 Å². The van der Waals surface area contributed by atoms with Crippen molar-refractivity contribution in [2.45, 2.75) is 11.0 Å². The molecule has 1 amide bonds. The number of benzene rings is 3. The van der Waals surface area contributed by atoms with Crippen LogP contribution in [0.2, 0.25) is 0 Å². The SMILES string of the molecule is CN(c1ccccc1)S(=O)(=O)c1cccc(C(=O)NCC2COc3ccccc3O2)c1. The number of amides is 1. The predicted octanol–water partition coefficient (Wildman–Crippen LogP) is 3.08. The maximum absolute atomic E-state index is 13.0. The number of carbonyl (C=O) groups excluding carboxylic acids is 1. The lowest BCUT2D eigenvalue weighted by Gasteiger charge is -2.26. The molecule has 1 aliphatic heterocycles. The van der Waals surface area contributed by atoms with Crippen molar-refractivity contribution in [1.29, 1.82) is 0 Å². The highest BCUT2D eigenvalue weighted by molar-refractivity contribution is 7.92. The summed E-state index contributed by atoms with van der Waals surface area (Å²) < 4.78 is 38.6. The first-order valence-electron chi connectivity index (χ1n) is 9.76. The number of anilines is 1. The third kappa shape index (κ3) is 4.49. The van der Waals surface area contributed by atoms with E-state index < -0.39 is 10.0 Å². The van der Waals surface area contributed by atoms with Crippen LogP contribution in [0.3, 0.4) is 0 Å². The fraction of sp³-hybridized carbons (Fsp3) is 0.174. The van der Waals surface area contributed by atoms with E-state index >= 15 is 0 Å². The molecule has 1 unspecified atom stereocenters. The number of rotatable bonds is 6. The molecule has 31 heavy (non-hydrogen) atoms. The van der Waals surface area contributed by atoms with Gasteiger partial charge >= 0.3 is 0 Å². The summed E-state index contributed by atoms with van der Waals surface area (Å²) in [5.74, 6) is 0.914. The Hall–Kier alpha value is -3.52. The van der Waals surface area contributed by atoms with Gasteiger partial charge in [0.2, 0.25) is 0 Å². The molecule has 0 aromatic heterocycles. The summed E-state index contributed by atoms with van der Waals surface area (Å²) in [6, 6.07) is 22.1. The molecule has 0 fully saturated rings. The van der Waals surface area contributed by atoms with Crippen molar-refractivity contribution in [2.24, 2.45) is 0 Å². The van der Waals surface area contributed by atoms with Gasteiger partial charge in [-0.25, -0.2) is 8.42 Å². The van der Waals surface area contributed by atoms with Gasteiger partial charge in [-0.15, -0.1) is 0 Å². The number of fused-ring (bicyclic) bond motifs is 1. The largest absolute Gasteiger partial charge is 0.486 e. The Balaban J connectivity index is 1.44. The fourth-order valence-corrected chi connectivity index (χ4v) is 4.45. The number of sulfonamides is 1. The molecule has 0 saturated heterocycles. The van der Waals surface area contributed by atoms with E-state index in [9.17, 15) is 13.2 Å². The Labute approximate surface area is 181 Å². The van der Waals surface area contributed by atoms with Crippen molar-refractivity contribution in [2.75, 3.05) is 24.5 Å². The maximum atomic E-state index is 13.0. The number of carbonyl (C=O) groups is 1. The molecule has 3 aromatic rings. The summed E-state index contributed by atoms with van der Waals surface area (Å²) in [5.41, 5.74) is 0.784. The Morgan fingerprint density at radius 1 is 1.00 bits per heavy atom. The second-order valence-corrected chi connectivity index (χ2v) is 9.01. The summed E-state index contributed by atoms with van der Waals surface area (Å²) in [5, 5.41) is 2.79. The van der Waals surface area contributed by atoms with Crippen LogP contribution in [-0.4, -0.2) is 40.6 Å². The molecule has 1 heterocycles. The van der Waals surface area contributed by atoms with Crippen LogP contribution < -0.4 is 19.1 Å². The summed E-state index contributed by atoms with van der Waals surface area (Å²) in [4.78, 5) is 12.7. The normalized spacial score (nSPS) is 15.2. The Morgan fingerprint density at radius 3 is 2.48 bits per heavy atom. The number of nitrogens with zero attached hydrogens (tertiary/aromatic N) is 1. The van der Waals surface area contributed by atoms with Crippen molar-refractivity contribution in [3.63, 3.8) is 0 Å². The molecule has 0 spiro atoms. The van der Waals surface area contributed by atoms with E-state index in [2.05, 4.69) is 5.32 Å². The van der Waals surface area contributed by atoms with Crippen molar-refractivity contribution < 1.29 is 22.7 Å². The highest BCUT2D eigenvalue weighted by Crippen LogP contribution is 2.30. The molecule has 8 heteroatoms. The van der Waals surface area contributed by atoms with Gasteiger partial charge in [-0.1, -0.05) is 36.4 Å². The third-order valence-electron chi connectivity index (χ3n) is 4.93. The molecule has 1 atom stereocenters. The van der Waals surface area contributed by atoms with Gasteiger partial charge < -0.3 is 14.8 Å². The Kier molecular flexibility index (Phi) is 5.81. The number of para-hydroxylation sites is 3. The van der Waals surface area contributed by atoms with Crippen molar-refractivity contribution in [1.82, 2.24) is 5.32 Å². The molecule has 0 radical (unpaired) electrons. The molecule has 0 bridgehead atoms. The maximum Gasteiger partial charge on any atom is 0.264 e. The third-order valence-corrected chi connectivity index (χ3v) is 6.71. The standard InChI is InChI=1S/C23H22N2O5S/c1-25(18-9-3-2-4-10-18)31(27,28)20-11-7-8-17(14-20)23(26)24-15-19-16-29-21-12-5-6-13-22(21)30-19/h2-14,19H,15-16H2,1H3,(H,24,26). The number of hydrogen-bond donors (Lipinski definition) is 1. The highest BCUT2D eigenvalue weighted by atomic mass is 32.2. The van der Waals surface area contributed by atoms with Gasteiger partial charge in [0, 0.05) is 12.6 Å². The lowest BCUT2D eigenvalue weighted by molar-refractivity contribution is 0.0789. The number of ether oxygens (including phenoxy) is 2. The molecule has 4 rings (SSSR count). The molecular weight excluding hydrogens is 416 g/mol. The van der Waals surface area contributed by atoms with Gasteiger partial charge in [-0.3, -0.25) is 9.10 Å². The molecular formula is C23H22N2O5S. The van der Waals surface area contributed by atoms with E-state index in [1.807, 2.05) is 24.3 Å². The van der Waals surface area contributed by atoms with Gasteiger partial charge in [0.1, 0.15) is 12.7 Å². The van der Waals surface area contributed by atoms with Crippen molar-refractivity contribution in [3.05, 3.63) is 84.4 Å². The lowest BCUT2D eigenvalue weighted by atomic mass is 10.2. The fourth-order valence-electron chi connectivity index (χ4n) is 3.20. The second kappa shape index (κ2) is 8.69. The molecule has 1 N–H and O–H groups in total. The minimum absolute atomic E-state index is 0.0395. The Bertz CT molecular complexity index is 1180. The molecule has 0 saturated carbocycles. The molecule has 7 nitrogen and oxygen atoms in total. The highest BCUT2D eigenvalue weighted by Gasteiger charge is 2.24. The molecule has 1 aliphatic rings. The van der Waals surface area contributed by atoms with Crippen LogP contribution in [0.5, 0.6) is 11.5 Å². The van der Waals surface area contributed by atoms with Crippen LogP contribution in [0.15, 0.2) is 83.8 Å². The van der Waals surface area contributed by atoms with E-state index in [0.29, 0.717) is 23.8 Å². The van der Waals surface area contributed by atoms with Gasteiger partial charge in [0.15, 0.2) is 11.5 Å². The molecule has 3 aromatic carbocycles. The van der Waals surface area contributed by atoms with Gasteiger partial charge in [0.25, 0.3) is 15.9 Å². The first kappa shape index (κ1) is 20.7. The summed E-state index contributed by atoms with van der Waals surface area (Å²) in [6.45, 7) is 0.543. The van der Waals surface area contributed by atoms with Crippen molar-refractivity contribution >= 4 is 21.6 Å². The van der Waals surface area contributed by atoms with E-state index in [4.69, 9.17) is 9.47 Å². The minimum atomic E-state index is -3.81. The summed E-state index contributed by atoms with van der Waals surface area (Å²) in [6.07, 6.45) is -0.338. The predicted molar refractivity (Wildman–Crippen MR) is 117 cm³/mol. The van der Waals surface area contributed by atoms with Crippen LogP contribution in [0.25, 0.3) is 0 Å². The first-order valence-corrected chi connectivity index (χ1v) is 11.2. The smallest absolute Gasteiger partial charge is 0.264 e. The van der Waals surface area contributed by atoms with Crippen LogP contribution in [0.1, 0.15) is 10.4 Å². The quantitative estimate of drug-likeness (QED) is 0.639. The van der Waals surface area contributed by atoms with Crippen LogP contribution in [0, 0.1) is 0 Å². The number of hydrogen-bond acceptors (Lipinski definition) is 5. The lowest BCUT2D eigenvalue weighted by Crippen LogP contribution is -2.40. The van der Waals surface area contributed by atoms with Crippen molar-refractivity contribution in [3.8, 4) is 11.5 Å². The number of nitrogens with one attached hydrogen (secondary N) is 1. The van der Waals surface area contributed by atoms with E-state index in [1.54, 1.807) is 42.5 Å². The summed E-state index contributed by atoms with van der Waals surface area (Å²) in [7, 11) is -2.33. The monoisotopic (exact) mass is 438 g/mol. The summed E-state index contributed by atoms with van der Waals surface area (Å²) >= 11 is 0. The van der Waals surface area contributed by atoms with Gasteiger partial charge in [-0.2, -0.15) is 0 Å².